The Balaban J connectivity index is 1.39. The van der Waals surface area contributed by atoms with Gasteiger partial charge >= 0.3 is 0 Å². The summed E-state index contributed by atoms with van der Waals surface area (Å²) in [5, 5.41) is 9.35. The first-order chi connectivity index (χ1) is 19.3. The van der Waals surface area contributed by atoms with Crippen molar-refractivity contribution in [2.75, 3.05) is 20.1 Å². The van der Waals surface area contributed by atoms with Crippen LogP contribution in [0.5, 0.6) is 0 Å². The molecule has 0 bridgehead atoms. The van der Waals surface area contributed by atoms with Gasteiger partial charge in [-0.25, -0.2) is 0 Å². The highest BCUT2D eigenvalue weighted by molar-refractivity contribution is 5.91. The van der Waals surface area contributed by atoms with E-state index in [1.807, 2.05) is 17.0 Å². The third-order valence-electron chi connectivity index (χ3n) is 9.85. The quantitative estimate of drug-likeness (QED) is 0.482. The molecule has 6 unspecified atom stereocenters. The minimum absolute atomic E-state index is 0.0647. The second-order valence-corrected chi connectivity index (χ2v) is 12.2. The van der Waals surface area contributed by atoms with Gasteiger partial charge in [-0.3, -0.25) is 19.2 Å². The smallest absolute Gasteiger partial charge is 0.245 e. The van der Waals surface area contributed by atoms with Gasteiger partial charge in [-0.05, 0) is 69.5 Å². The molecular weight excluding hydrogens is 506 g/mol. The van der Waals surface area contributed by atoms with Crippen LogP contribution in [0.2, 0.25) is 0 Å². The number of amides is 4. The number of nitrogens with zero attached hydrogens (tertiary/aromatic N) is 2. The van der Waals surface area contributed by atoms with Crippen LogP contribution in [0.25, 0.3) is 0 Å². The zero-order valence-electron chi connectivity index (χ0n) is 24.2. The molecule has 0 aromatic heterocycles. The number of hydrogen-bond acceptors (Lipinski definition) is 5. The van der Waals surface area contributed by atoms with Crippen LogP contribution in [0.1, 0.15) is 82.4 Å². The van der Waals surface area contributed by atoms with Crippen molar-refractivity contribution in [1.29, 1.82) is 0 Å². The fourth-order valence-electron chi connectivity index (χ4n) is 7.56. The molecule has 1 aromatic carbocycles. The molecule has 1 saturated carbocycles. The summed E-state index contributed by atoms with van der Waals surface area (Å²) in [7, 11) is 1.73. The molecule has 3 fully saturated rings. The molecule has 4 amide bonds. The Bertz CT molecular complexity index is 1120. The first-order valence-electron chi connectivity index (χ1n) is 15.2. The lowest BCUT2D eigenvalue weighted by molar-refractivity contribution is -0.141. The molecule has 0 spiro atoms. The van der Waals surface area contributed by atoms with Gasteiger partial charge in [-0.15, -0.1) is 0 Å². The van der Waals surface area contributed by atoms with E-state index < -0.39 is 18.0 Å². The molecule has 2 saturated heterocycles. The van der Waals surface area contributed by atoms with Gasteiger partial charge in [0, 0.05) is 20.0 Å². The molecule has 3 N–H and O–H groups in total. The molecule has 2 heterocycles. The Morgan fingerprint density at radius 3 is 2.42 bits per heavy atom. The van der Waals surface area contributed by atoms with E-state index in [9.17, 15) is 19.2 Å². The second kappa shape index (κ2) is 12.3. The van der Waals surface area contributed by atoms with E-state index >= 15 is 0 Å². The second-order valence-electron chi connectivity index (χ2n) is 12.2. The van der Waals surface area contributed by atoms with E-state index in [0.29, 0.717) is 19.5 Å². The lowest BCUT2D eigenvalue weighted by atomic mass is 9.83. The fraction of sp³-hybridized carbons (Fsp3) is 0.677. The van der Waals surface area contributed by atoms with Crippen LogP contribution in [0.4, 0.5) is 0 Å². The first-order valence-corrected chi connectivity index (χ1v) is 15.2. The van der Waals surface area contributed by atoms with E-state index in [4.69, 9.17) is 0 Å². The van der Waals surface area contributed by atoms with Gasteiger partial charge in [0.05, 0.1) is 30.1 Å². The van der Waals surface area contributed by atoms with Crippen LogP contribution in [-0.2, 0) is 25.6 Å². The van der Waals surface area contributed by atoms with Gasteiger partial charge in [0.15, 0.2) is 0 Å². The molecule has 2 aliphatic carbocycles. The molecule has 2 aliphatic heterocycles. The van der Waals surface area contributed by atoms with Crippen molar-refractivity contribution >= 4 is 23.6 Å². The van der Waals surface area contributed by atoms with Gasteiger partial charge < -0.3 is 25.8 Å². The van der Waals surface area contributed by atoms with E-state index in [-0.39, 0.29) is 47.7 Å². The maximum atomic E-state index is 14.3. The highest BCUT2D eigenvalue weighted by Gasteiger charge is 2.55. The largest absolute Gasteiger partial charge is 0.349 e. The van der Waals surface area contributed by atoms with Crippen LogP contribution in [0.15, 0.2) is 24.3 Å². The van der Waals surface area contributed by atoms with E-state index in [2.05, 4.69) is 28.1 Å². The Morgan fingerprint density at radius 2 is 1.70 bits per heavy atom. The van der Waals surface area contributed by atoms with Crippen molar-refractivity contribution in [3.63, 3.8) is 0 Å². The molecule has 40 heavy (non-hydrogen) atoms. The van der Waals surface area contributed by atoms with Gasteiger partial charge in [0.25, 0.3) is 0 Å². The fourth-order valence-corrected chi connectivity index (χ4v) is 7.56. The third kappa shape index (κ3) is 5.62. The lowest BCUT2D eigenvalue weighted by Crippen LogP contribution is -2.58. The van der Waals surface area contributed by atoms with Gasteiger partial charge in [-0.1, -0.05) is 43.5 Å². The van der Waals surface area contributed by atoms with Crippen LogP contribution < -0.4 is 16.0 Å². The molecule has 6 atom stereocenters. The maximum Gasteiger partial charge on any atom is 0.245 e. The van der Waals surface area contributed by atoms with Gasteiger partial charge in [0.1, 0.15) is 6.04 Å². The number of fused-ring (bicyclic) bond motifs is 2. The number of benzene rings is 1. The molecule has 9 nitrogen and oxygen atoms in total. The maximum absolute atomic E-state index is 14.3. The van der Waals surface area contributed by atoms with Crippen LogP contribution in [0, 0.1) is 11.8 Å². The predicted molar refractivity (Wildman–Crippen MR) is 152 cm³/mol. The summed E-state index contributed by atoms with van der Waals surface area (Å²) in [6, 6.07) is 6.59. The number of carbonyl (C=O) groups excluding carboxylic acids is 4. The summed E-state index contributed by atoms with van der Waals surface area (Å²) in [5.41, 5.74) is 2.44. The van der Waals surface area contributed by atoms with E-state index in [1.165, 1.54) is 5.56 Å². The zero-order chi connectivity index (χ0) is 28.4. The molecule has 1 aromatic rings. The highest BCUT2D eigenvalue weighted by Crippen LogP contribution is 2.39. The van der Waals surface area contributed by atoms with Crippen LogP contribution in [-0.4, -0.2) is 77.7 Å². The number of hydrogen-bond donors (Lipinski definition) is 3. The highest BCUT2D eigenvalue weighted by atomic mass is 16.2. The van der Waals surface area contributed by atoms with Crippen molar-refractivity contribution in [3.05, 3.63) is 35.4 Å². The summed E-state index contributed by atoms with van der Waals surface area (Å²) in [4.78, 5) is 57.4. The molecular formula is C31H45N5O4. The Kier molecular flexibility index (Phi) is 8.78. The summed E-state index contributed by atoms with van der Waals surface area (Å²) in [6.45, 7) is 4.12. The summed E-state index contributed by atoms with van der Waals surface area (Å²) in [5.74, 6) is -0.894. The van der Waals surface area contributed by atoms with E-state index in [0.717, 1.165) is 56.9 Å². The summed E-state index contributed by atoms with van der Waals surface area (Å²) >= 11 is 0. The molecule has 9 heteroatoms. The number of rotatable bonds is 7. The van der Waals surface area contributed by atoms with Gasteiger partial charge in [0.2, 0.25) is 23.6 Å². The number of likely N-dealkylation sites (tertiary alicyclic amines) is 2. The van der Waals surface area contributed by atoms with Crippen molar-refractivity contribution in [2.45, 2.75) is 102 Å². The topological polar surface area (TPSA) is 111 Å². The first kappa shape index (κ1) is 28.6. The van der Waals surface area contributed by atoms with Crippen LogP contribution in [0.3, 0.4) is 0 Å². The van der Waals surface area contributed by atoms with Crippen molar-refractivity contribution in [2.24, 2.45) is 11.8 Å². The average Bonchev–Trinajstić information content (AvgIpc) is 3.57. The van der Waals surface area contributed by atoms with Crippen molar-refractivity contribution in [3.8, 4) is 0 Å². The summed E-state index contributed by atoms with van der Waals surface area (Å²) in [6.07, 6.45) is 8.58. The summed E-state index contributed by atoms with van der Waals surface area (Å²) < 4.78 is 0. The molecule has 0 radical (unpaired) electrons. The Hall–Kier alpha value is -2.94. The minimum Gasteiger partial charge on any atom is -0.349 e. The van der Waals surface area contributed by atoms with E-state index in [1.54, 1.807) is 25.8 Å². The standard InChI is InChI=1S/C31H45N5O4/c1-19(32-3)29(38)34-27(22-11-5-4-6-12-22)31(40)35-17-16-26-28(35)24(18-36(26)20(2)37)30(39)33-25-15-9-13-21-10-7-8-14-23(21)25/h7-8,10,14,19,22,24-28,32H,4-6,9,11-13,15-18H2,1-3H3,(H,33,39)(H,34,38). The lowest BCUT2D eigenvalue weighted by Gasteiger charge is -2.36. The SMILES string of the molecule is CNC(C)C(=O)NC(C(=O)N1CCC2C1C(C(=O)NC1CCCc3ccccc31)CN2C(C)=O)C1CCCCC1. The number of carbonyl (C=O) groups is 4. The Morgan fingerprint density at radius 1 is 0.950 bits per heavy atom. The Labute approximate surface area is 237 Å². The number of aryl methyl sites for hydroxylation is 1. The number of likely N-dealkylation sites (N-methyl/N-ethyl adjacent to an activating group) is 1. The predicted octanol–water partition coefficient (Wildman–Crippen LogP) is 2.30. The third-order valence-corrected chi connectivity index (χ3v) is 9.85. The molecule has 4 aliphatic rings. The molecule has 218 valence electrons. The van der Waals surface area contributed by atoms with Crippen molar-refractivity contribution < 1.29 is 19.2 Å². The average molecular weight is 552 g/mol. The zero-order valence-corrected chi connectivity index (χ0v) is 24.2. The molecule has 5 rings (SSSR count). The normalized spacial score (nSPS) is 27.9. The van der Waals surface area contributed by atoms with Gasteiger partial charge in [-0.2, -0.15) is 0 Å². The van der Waals surface area contributed by atoms with Crippen molar-refractivity contribution in [1.82, 2.24) is 25.8 Å². The minimum atomic E-state index is -0.623. The van der Waals surface area contributed by atoms with Crippen LogP contribution >= 0.6 is 0 Å². The number of nitrogens with one attached hydrogen (secondary N) is 3. The monoisotopic (exact) mass is 551 g/mol.